The van der Waals surface area contributed by atoms with Crippen molar-refractivity contribution in [1.29, 1.82) is 0 Å². The fraction of sp³-hybridized carbons (Fsp3) is 0.353. The molecule has 2 unspecified atom stereocenters. The van der Waals surface area contributed by atoms with E-state index in [0.717, 1.165) is 30.9 Å². The number of hydrogen-bond acceptors (Lipinski definition) is 2. The normalized spacial score (nSPS) is 23.7. The Labute approximate surface area is 122 Å². The highest BCUT2D eigenvalue weighted by Crippen LogP contribution is 2.32. The number of rotatable bonds is 1. The summed E-state index contributed by atoms with van der Waals surface area (Å²) < 4.78 is 15.0. The van der Waals surface area contributed by atoms with E-state index in [0.29, 0.717) is 17.4 Å². The van der Waals surface area contributed by atoms with Crippen LogP contribution in [0.5, 0.6) is 0 Å². The van der Waals surface area contributed by atoms with Crippen molar-refractivity contribution >= 4 is 0 Å². The maximum Gasteiger partial charge on any atom is 0.258 e. The number of nitrogens with one attached hydrogen (secondary N) is 1. The highest BCUT2D eigenvalue weighted by atomic mass is 19.1. The number of fused-ring (bicyclic) bond motifs is 4. The number of hydrogen-bond donors (Lipinski definition) is 1. The Bertz CT molecular complexity index is 735. The molecule has 1 N–H and O–H groups in total. The molecule has 21 heavy (non-hydrogen) atoms. The first kappa shape index (κ1) is 12.8. The smallest absolute Gasteiger partial charge is 0.258 e. The zero-order chi connectivity index (χ0) is 14.4. The molecule has 108 valence electrons. The van der Waals surface area contributed by atoms with Gasteiger partial charge in [-0.2, -0.15) is 0 Å². The van der Waals surface area contributed by atoms with Crippen LogP contribution in [0.3, 0.4) is 0 Å². The number of halogens is 1. The highest BCUT2D eigenvalue weighted by molar-refractivity contribution is 5.62. The van der Waals surface area contributed by atoms with Crippen LogP contribution < -0.4 is 10.9 Å². The van der Waals surface area contributed by atoms with Gasteiger partial charge in [-0.05, 0) is 48.7 Å². The number of piperidine rings is 1. The van der Waals surface area contributed by atoms with E-state index < -0.39 is 0 Å². The molecule has 1 aromatic carbocycles. The third kappa shape index (κ3) is 2.10. The van der Waals surface area contributed by atoms with Crippen LogP contribution in [0.2, 0.25) is 0 Å². The summed E-state index contributed by atoms with van der Waals surface area (Å²) in [5, 5.41) is 3.44. The molecule has 2 atom stereocenters. The van der Waals surface area contributed by atoms with Crippen LogP contribution in [-0.4, -0.2) is 17.7 Å². The van der Waals surface area contributed by atoms with E-state index >= 15 is 0 Å². The van der Waals surface area contributed by atoms with Crippen molar-refractivity contribution in [1.82, 2.24) is 9.88 Å². The molecular weight excluding hydrogens is 267 g/mol. The van der Waals surface area contributed by atoms with Crippen molar-refractivity contribution in [3.63, 3.8) is 0 Å². The van der Waals surface area contributed by atoms with Gasteiger partial charge in [-0.15, -0.1) is 0 Å². The SMILES string of the molecule is O=c1c(-c2ccc(F)cc2)ccc2n1CC1CNCC2C1. The van der Waals surface area contributed by atoms with Crippen LogP contribution in [0.25, 0.3) is 11.1 Å². The Kier molecular flexibility index (Phi) is 2.93. The molecule has 2 aromatic rings. The molecule has 1 aromatic heterocycles. The Hall–Kier alpha value is -1.94. The average molecular weight is 284 g/mol. The lowest BCUT2D eigenvalue weighted by molar-refractivity contribution is 0.257. The summed E-state index contributed by atoms with van der Waals surface area (Å²) in [6.07, 6.45) is 1.17. The van der Waals surface area contributed by atoms with Crippen LogP contribution in [-0.2, 0) is 6.54 Å². The Morgan fingerprint density at radius 1 is 1.10 bits per heavy atom. The molecule has 0 amide bonds. The summed E-state index contributed by atoms with van der Waals surface area (Å²) in [7, 11) is 0. The molecule has 4 heteroatoms. The van der Waals surface area contributed by atoms with Gasteiger partial charge < -0.3 is 9.88 Å². The monoisotopic (exact) mass is 284 g/mol. The van der Waals surface area contributed by atoms with Crippen LogP contribution in [0.15, 0.2) is 41.2 Å². The number of aromatic nitrogens is 1. The first-order valence-electron chi connectivity index (χ1n) is 7.43. The van der Waals surface area contributed by atoms with E-state index in [2.05, 4.69) is 11.4 Å². The first-order chi connectivity index (χ1) is 10.2. The van der Waals surface area contributed by atoms with Gasteiger partial charge in [0.2, 0.25) is 0 Å². The van der Waals surface area contributed by atoms with Gasteiger partial charge in [0.05, 0.1) is 0 Å². The van der Waals surface area contributed by atoms with Gasteiger partial charge in [0.15, 0.2) is 0 Å². The van der Waals surface area contributed by atoms with Gasteiger partial charge in [0.1, 0.15) is 5.82 Å². The zero-order valence-corrected chi connectivity index (χ0v) is 11.7. The van der Waals surface area contributed by atoms with Gasteiger partial charge in [0, 0.05) is 30.3 Å². The fourth-order valence-corrected chi connectivity index (χ4v) is 3.64. The van der Waals surface area contributed by atoms with Crippen LogP contribution in [0.4, 0.5) is 4.39 Å². The molecule has 0 saturated carbocycles. The Morgan fingerprint density at radius 3 is 2.71 bits per heavy atom. The van der Waals surface area contributed by atoms with E-state index in [-0.39, 0.29) is 11.4 Å². The molecule has 4 rings (SSSR count). The molecule has 0 spiro atoms. The second-order valence-electron chi connectivity index (χ2n) is 6.05. The van der Waals surface area contributed by atoms with Gasteiger partial charge in [-0.25, -0.2) is 4.39 Å². The standard InChI is InChI=1S/C17H17FN2O/c18-14-3-1-12(2-4-14)15-5-6-16-13-7-11(8-19-9-13)10-20(16)17(15)21/h1-6,11,13,19H,7-10H2. The molecule has 2 aliphatic heterocycles. The minimum Gasteiger partial charge on any atom is -0.316 e. The maximum absolute atomic E-state index is 13.0. The second-order valence-corrected chi connectivity index (χ2v) is 6.05. The lowest BCUT2D eigenvalue weighted by Crippen LogP contribution is -2.45. The van der Waals surface area contributed by atoms with E-state index in [1.54, 1.807) is 12.1 Å². The third-order valence-corrected chi connectivity index (χ3v) is 4.66. The predicted molar refractivity (Wildman–Crippen MR) is 79.8 cm³/mol. The summed E-state index contributed by atoms with van der Waals surface area (Å²) in [6, 6.07) is 10.1. The molecular formula is C17H17FN2O. The van der Waals surface area contributed by atoms with Gasteiger partial charge in [-0.1, -0.05) is 12.1 Å². The van der Waals surface area contributed by atoms with E-state index in [4.69, 9.17) is 0 Å². The van der Waals surface area contributed by atoms with Gasteiger partial charge in [0.25, 0.3) is 5.56 Å². The van der Waals surface area contributed by atoms with Gasteiger partial charge >= 0.3 is 0 Å². The maximum atomic E-state index is 13.0. The first-order valence-corrected chi connectivity index (χ1v) is 7.43. The summed E-state index contributed by atoms with van der Waals surface area (Å²) in [4.78, 5) is 12.8. The average Bonchev–Trinajstić information content (AvgIpc) is 2.50. The zero-order valence-electron chi connectivity index (χ0n) is 11.7. The summed E-state index contributed by atoms with van der Waals surface area (Å²) >= 11 is 0. The summed E-state index contributed by atoms with van der Waals surface area (Å²) in [5.74, 6) is 0.697. The quantitative estimate of drug-likeness (QED) is 0.872. The molecule has 2 aliphatic rings. The number of nitrogens with zero attached hydrogens (tertiary/aromatic N) is 1. The van der Waals surface area contributed by atoms with Crippen molar-refractivity contribution in [2.75, 3.05) is 13.1 Å². The van der Waals surface area contributed by atoms with Crippen molar-refractivity contribution < 1.29 is 4.39 Å². The minimum absolute atomic E-state index is 0.0516. The van der Waals surface area contributed by atoms with E-state index in [9.17, 15) is 9.18 Å². The van der Waals surface area contributed by atoms with Crippen molar-refractivity contribution in [3.05, 3.63) is 58.3 Å². The number of pyridine rings is 1. The Balaban J connectivity index is 1.83. The molecule has 1 saturated heterocycles. The third-order valence-electron chi connectivity index (χ3n) is 4.66. The molecule has 0 radical (unpaired) electrons. The lowest BCUT2D eigenvalue weighted by atomic mass is 9.84. The van der Waals surface area contributed by atoms with Crippen LogP contribution in [0.1, 0.15) is 18.0 Å². The lowest BCUT2D eigenvalue weighted by Gasteiger charge is -2.37. The topological polar surface area (TPSA) is 34.0 Å². The second kappa shape index (κ2) is 4.81. The van der Waals surface area contributed by atoms with Crippen LogP contribution >= 0.6 is 0 Å². The van der Waals surface area contributed by atoms with Crippen molar-refractivity contribution in [3.8, 4) is 11.1 Å². The van der Waals surface area contributed by atoms with E-state index in [1.807, 2.05) is 10.6 Å². The molecule has 3 heterocycles. The molecule has 1 fully saturated rings. The Morgan fingerprint density at radius 2 is 1.90 bits per heavy atom. The highest BCUT2D eigenvalue weighted by Gasteiger charge is 2.31. The summed E-state index contributed by atoms with van der Waals surface area (Å²) in [6.45, 7) is 2.72. The minimum atomic E-state index is -0.280. The van der Waals surface area contributed by atoms with Crippen molar-refractivity contribution in [2.24, 2.45) is 5.92 Å². The largest absolute Gasteiger partial charge is 0.316 e. The predicted octanol–water partition coefficient (Wildman–Crippen LogP) is 2.36. The molecule has 0 aliphatic carbocycles. The van der Waals surface area contributed by atoms with Gasteiger partial charge in [-0.3, -0.25) is 4.79 Å². The molecule has 2 bridgehead atoms. The summed E-state index contributed by atoms with van der Waals surface area (Å²) in [5.41, 5.74) is 2.63. The van der Waals surface area contributed by atoms with Crippen LogP contribution in [0, 0.1) is 11.7 Å². The van der Waals surface area contributed by atoms with Crippen molar-refractivity contribution in [2.45, 2.75) is 18.9 Å². The number of benzene rings is 1. The fourth-order valence-electron chi connectivity index (χ4n) is 3.64. The molecule has 3 nitrogen and oxygen atoms in total. The van der Waals surface area contributed by atoms with E-state index in [1.165, 1.54) is 18.6 Å².